The third kappa shape index (κ3) is 7.13. The van der Waals surface area contributed by atoms with Gasteiger partial charge in [-0.15, -0.1) is 24.0 Å². The molecular weight excluding hydrogens is 423 g/mol. The van der Waals surface area contributed by atoms with Crippen LogP contribution in [-0.2, 0) is 13.0 Å². The van der Waals surface area contributed by atoms with Crippen LogP contribution >= 0.6 is 24.0 Å². The Labute approximate surface area is 171 Å². The molecule has 0 radical (unpaired) electrons. The van der Waals surface area contributed by atoms with Crippen molar-refractivity contribution in [1.29, 1.82) is 0 Å². The minimum absolute atomic E-state index is 0. The van der Waals surface area contributed by atoms with Crippen LogP contribution in [-0.4, -0.2) is 55.0 Å². The van der Waals surface area contributed by atoms with E-state index < -0.39 is 0 Å². The van der Waals surface area contributed by atoms with Crippen LogP contribution in [0.2, 0.25) is 0 Å². The Morgan fingerprint density at radius 2 is 1.96 bits per heavy atom. The lowest BCUT2D eigenvalue weighted by Crippen LogP contribution is -2.44. The van der Waals surface area contributed by atoms with E-state index in [1.54, 1.807) is 0 Å². The maximum atomic E-state index is 4.86. The topological polar surface area (TPSA) is 30.9 Å². The molecule has 25 heavy (non-hydrogen) atoms. The molecule has 0 fully saturated rings. The average molecular weight is 458 g/mol. The summed E-state index contributed by atoms with van der Waals surface area (Å²) in [5.74, 6) is 1.07. The molecule has 0 unspecified atom stereocenters. The van der Waals surface area contributed by atoms with Gasteiger partial charge in [0.05, 0.1) is 0 Å². The van der Waals surface area contributed by atoms with Gasteiger partial charge in [0.15, 0.2) is 5.96 Å². The summed E-state index contributed by atoms with van der Waals surface area (Å²) >= 11 is 0. The third-order valence-corrected chi connectivity index (χ3v) is 4.83. The van der Waals surface area contributed by atoms with Gasteiger partial charge in [-0.2, -0.15) is 0 Å². The molecule has 0 amide bonds. The van der Waals surface area contributed by atoms with E-state index in [1.807, 2.05) is 0 Å². The second-order valence-corrected chi connectivity index (χ2v) is 6.96. The molecule has 1 N–H and O–H groups in total. The number of nitrogens with zero attached hydrogens (tertiary/aromatic N) is 3. The molecular formula is C20H35IN4. The van der Waals surface area contributed by atoms with E-state index in [9.17, 15) is 0 Å². The zero-order chi connectivity index (χ0) is 17.4. The van der Waals surface area contributed by atoms with Crippen molar-refractivity contribution in [3.8, 4) is 0 Å². The molecule has 0 bridgehead atoms. The van der Waals surface area contributed by atoms with Gasteiger partial charge < -0.3 is 15.1 Å². The monoisotopic (exact) mass is 458 g/mol. The van der Waals surface area contributed by atoms with E-state index in [-0.39, 0.29) is 24.0 Å². The number of halogens is 1. The highest BCUT2D eigenvalue weighted by molar-refractivity contribution is 14.0. The van der Waals surface area contributed by atoms with Crippen LogP contribution < -0.4 is 5.32 Å². The lowest BCUT2D eigenvalue weighted by Gasteiger charge is -2.31. The summed E-state index contributed by atoms with van der Waals surface area (Å²) in [4.78, 5) is 9.66. The lowest BCUT2D eigenvalue weighted by molar-refractivity contribution is 0.269. The fraction of sp³-hybridized carbons (Fsp3) is 0.650. The zero-order valence-corrected chi connectivity index (χ0v) is 18.6. The molecule has 5 heteroatoms. The number of benzene rings is 1. The van der Waals surface area contributed by atoms with Crippen LogP contribution in [0.15, 0.2) is 29.3 Å². The molecule has 142 valence electrons. The first-order valence-electron chi connectivity index (χ1n) is 9.42. The quantitative estimate of drug-likeness (QED) is 0.292. The molecule has 0 saturated carbocycles. The molecule has 0 aliphatic carbocycles. The van der Waals surface area contributed by atoms with Gasteiger partial charge in [-0.25, -0.2) is 0 Å². The van der Waals surface area contributed by atoms with Gasteiger partial charge in [-0.3, -0.25) is 4.99 Å². The number of fused-ring (bicyclic) bond motifs is 1. The molecule has 0 saturated heterocycles. The van der Waals surface area contributed by atoms with Gasteiger partial charge in [0, 0.05) is 32.2 Å². The third-order valence-electron chi connectivity index (χ3n) is 4.83. The van der Waals surface area contributed by atoms with E-state index in [2.05, 4.69) is 67.2 Å². The largest absolute Gasteiger partial charge is 0.357 e. The van der Waals surface area contributed by atoms with E-state index in [0.29, 0.717) is 6.04 Å². The first-order chi connectivity index (χ1) is 11.6. The number of rotatable bonds is 7. The van der Waals surface area contributed by atoms with Gasteiger partial charge in [0.1, 0.15) is 0 Å². The van der Waals surface area contributed by atoms with Crippen molar-refractivity contribution in [2.24, 2.45) is 4.99 Å². The zero-order valence-electron chi connectivity index (χ0n) is 16.3. The molecule has 4 nitrogen and oxygen atoms in total. The Morgan fingerprint density at radius 3 is 2.64 bits per heavy atom. The summed E-state index contributed by atoms with van der Waals surface area (Å²) in [5, 5.41) is 3.47. The smallest absolute Gasteiger partial charge is 0.194 e. The van der Waals surface area contributed by atoms with Gasteiger partial charge in [-0.05, 0) is 64.8 Å². The van der Waals surface area contributed by atoms with E-state index >= 15 is 0 Å². The van der Waals surface area contributed by atoms with E-state index in [4.69, 9.17) is 4.99 Å². The van der Waals surface area contributed by atoms with Crippen LogP contribution in [0.1, 0.15) is 44.7 Å². The van der Waals surface area contributed by atoms with Crippen molar-refractivity contribution in [2.45, 2.75) is 52.6 Å². The highest BCUT2D eigenvalue weighted by atomic mass is 127. The van der Waals surface area contributed by atoms with Crippen molar-refractivity contribution in [2.75, 3.05) is 33.2 Å². The maximum Gasteiger partial charge on any atom is 0.194 e. The normalized spacial score (nSPS) is 14.5. The highest BCUT2D eigenvalue weighted by Gasteiger charge is 2.18. The Kier molecular flexibility index (Phi) is 10.4. The second-order valence-electron chi connectivity index (χ2n) is 6.96. The predicted octanol–water partition coefficient (Wildman–Crippen LogP) is 3.75. The number of hydrogen-bond acceptors (Lipinski definition) is 2. The molecule has 0 aromatic heterocycles. The van der Waals surface area contributed by atoms with Gasteiger partial charge in [-0.1, -0.05) is 24.3 Å². The van der Waals surface area contributed by atoms with Crippen LogP contribution in [0.4, 0.5) is 0 Å². The number of guanidine groups is 1. The molecule has 1 aliphatic rings. The van der Waals surface area contributed by atoms with Crippen molar-refractivity contribution in [3.63, 3.8) is 0 Å². The van der Waals surface area contributed by atoms with Gasteiger partial charge >= 0.3 is 0 Å². The van der Waals surface area contributed by atoms with E-state index in [1.165, 1.54) is 17.5 Å². The minimum atomic E-state index is 0. The molecule has 0 atom stereocenters. The number of nitrogens with one attached hydrogen (secondary N) is 1. The Bertz CT molecular complexity index is 530. The van der Waals surface area contributed by atoms with E-state index in [0.717, 1.165) is 51.5 Å². The maximum absolute atomic E-state index is 4.86. The van der Waals surface area contributed by atoms with Crippen molar-refractivity contribution in [3.05, 3.63) is 35.4 Å². The van der Waals surface area contributed by atoms with Crippen molar-refractivity contribution < 1.29 is 0 Å². The highest BCUT2D eigenvalue weighted by Crippen LogP contribution is 2.18. The first-order valence-corrected chi connectivity index (χ1v) is 9.42. The SMILES string of the molecule is CCNC(=NCCCCN(C)C(C)C)N1CCc2ccccc2C1.I. The molecule has 2 rings (SSSR count). The number of unbranched alkanes of at least 4 members (excludes halogenated alkanes) is 1. The minimum Gasteiger partial charge on any atom is -0.357 e. The molecule has 1 aliphatic heterocycles. The van der Waals surface area contributed by atoms with Crippen molar-refractivity contribution >= 4 is 29.9 Å². The average Bonchev–Trinajstić information content (AvgIpc) is 2.59. The van der Waals surface area contributed by atoms with Crippen molar-refractivity contribution in [1.82, 2.24) is 15.1 Å². The molecule has 1 aromatic carbocycles. The van der Waals surface area contributed by atoms with Crippen LogP contribution in [0.25, 0.3) is 0 Å². The van der Waals surface area contributed by atoms with Crippen LogP contribution in [0.5, 0.6) is 0 Å². The summed E-state index contributed by atoms with van der Waals surface area (Å²) in [5.41, 5.74) is 2.93. The fourth-order valence-corrected chi connectivity index (χ4v) is 3.02. The second kappa shape index (κ2) is 11.7. The summed E-state index contributed by atoms with van der Waals surface area (Å²) in [7, 11) is 2.20. The van der Waals surface area contributed by atoms with Gasteiger partial charge in [0.25, 0.3) is 0 Å². The number of aliphatic imine (C=N–C) groups is 1. The molecule has 0 spiro atoms. The number of hydrogen-bond donors (Lipinski definition) is 1. The van der Waals surface area contributed by atoms with Crippen LogP contribution in [0, 0.1) is 0 Å². The molecule has 1 heterocycles. The Hall–Kier alpha value is -0.820. The molecule has 1 aromatic rings. The van der Waals surface area contributed by atoms with Gasteiger partial charge in [0.2, 0.25) is 0 Å². The standard InChI is InChI=1S/C20H34N4.HI/c1-5-21-20(22-13-8-9-14-23(4)17(2)3)24-15-12-18-10-6-7-11-19(18)16-24;/h6-7,10-11,17H,5,8-9,12-16H2,1-4H3,(H,21,22);1H. The lowest BCUT2D eigenvalue weighted by atomic mass is 10.0. The summed E-state index contributed by atoms with van der Waals surface area (Å²) in [6, 6.07) is 9.40. The Morgan fingerprint density at radius 1 is 1.24 bits per heavy atom. The summed E-state index contributed by atoms with van der Waals surface area (Å²) in [6.45, 7) is 11.6. The first kappa shape index (κ1) is 22.2. The predicted molar refractivity (Wildman–Crippen MR) is 119 cm³/mol. The fourth-order valence-electron chi connectivity index (χ4n) is 3.02. The summed E-state index contributed by atoms with van der Waals surface area (Å²) in [6.07, 6.45) is 3.47. The summed E-state index contributed by atoms with van der Waals surface area (Å²) < 4.78 is 0. The Balaban J connectivity index is 0.00000312. The van der Waals surface area contributed by atoms with Crippen LogP contribution in [0.3, 0.4) is 0 Å².